The summed E-state index contributed by atoms with van der Waals surface area (Å²) in [4.78, 5) is 14.8. The number of aromatic nitrogens is 2. The zero-order valence-corrected chi connectivity index (χ0v) is 28.8. The smallest absolute Gasteiger partial charge is 0.336 e. The molecule has 5 aromatic rings. The average molecular weight is 683 g/mol. The minimum atomic E-state index is -1.07. The van der Waals surface area contributed by atoms with Gasteiger partial charge >= 0.3 is 5.97 Å². The Kier molecular flexibility index (Phi) is 8.31. The van der Waals surface area contributed by atoms with E-state index in [1.54, 1.807) is 43.5 Å². The van der Waals surface area contributed by atoms with Crippen LogP contribution in [0.4, 0.5) is 11.4 Å². The lowest BCUT2D eigenvalue weighted by molar-refractivity contribution is 0.0697. The summed E-state index contributed by atoms with van der Waals surface area (Å²) in [5, 5.41) is 12.3. The van der Waals surface area contributed by atoms with Gasteiger partial charge in [0.1, 0.15) is 42.5 Å². The average Bonchev–Trinajstić information content (AvgIpc) is 3.61. The lowest BCUT2D eigenvalue weighted by Gasteiger charge is -2.19. The Morgan fingerprint density at radius 2 is 1.64 bits per heavy atom. The minimum absolute atomic E-state index is 0.113. The molecule has 0 fully saturated rings. The second-order valence-electron chi connectivity index (χ2n) is 12.0. The van der Waals surface area contributed by atoms with Gasteiger partial charge in [-0.05, 0) is 66.2 Å². The topological polar surface area (TPSA) is 127 Å². The third kappa shape index (κ3) is 5.93. The Balaban J connectivity index is 1.33. The lowest BCUT2D eigenvalue weighted by Crippen LogP contribution is -2.21. The Bertz CT molecular complexity index is 2560. The molecule has 11 heteroatoms. The molecular formula is C39H32N5O5S+. The zero-order valence-electron chi connectivity index (χ0n) is 27.9. The number of hydrogen-bond donors (Lipinski definition) is 2. The normalized spacial score (nSPS) is 11.0. The molecule has 1 aliphatic carbocycles. The first-order valence-corrected chi connectivity index (χ1v) is 16.3. The van der Waals surface area contributed by atoms with Gasteiger partial charge in [-0.3, -0.25) is 0 Å². The number of carbonyl (C=O) groups is 1. The van der Waals surface area contributed by atoms with Crippen LogP contribution in [0.5, 0.6) is 17.2 Å². The molecule has 0 saturated heterocycles. The molecule has 0 unspecified atom stereocenters. The highest BCUT2D eigenvalue weighted by Gasteiger charge is 2.23. The van der Waals surface area contributed by atoms with Crippen LogP contribution in [0.3, 0.4) is 0 Å². The molecule has 0 saturated carbocycles. The van der Waals surface area contributed by atoms with Gasteiger partial charge in [-0.1, -0.05) is 17.9 Å². The van der Waals surface area contributed by atoms with Crippen molar-refractivity contribution in [3.8, 4) is 51.5 Å². The van der Waals surface area contributed by atoms with E-state index in [2.05, 4.69) is 20.6 Å². The summed E-state index contributed by atoms with van der Waals surface area (Å²) in [5.74, 6) is 7.49. The number of rotatable bonds is 6. The molecule has 0 amide bonds. The number of carboxylic acids is 1. The molecule has 2 heterocycles. The summed E-state index contributed by atoms with van der Waals surface area (Å²) in [6, 6.07) is 25.9. The van der Waals surface area contributed by atoms with Crippen molar-refractivity contribution in [2.45, 2.75) is 0 Å². The Labute approximate surface area is 291 Å². The molecule has 10 nitrogen and oxygen atoms in total. The molecule has 0 bridgehead atoms. The van der Waals surface area contributed by atoms with Crippen molar-refractivity contribution in [2.75, 3.05) is 45.9 Å². The van der Waals surface area contributed by atoms with Gasteiger partial charge in [0.2, 0.25) is 5.36 Å². The van der Waals surface area contributed by atoms with Crippen molar-refractivity contribution < 1.29 is 23.8 Å². The SMILES string of the molecule is COc1ccc(Oc2c(N)cc(C#Cc3ccc(-c4c5ccc(=[N+](C)C)cc-5oc5cc(N(C)C)ccc45)c(C(=O)O)c3)c3nsnc23)cc1. The van der Waals surface area contributed by atoms with Crippen molar-refractivity contribution in [2.24, 2.45) is 0 Å². The van der Waals surface area contributed by atoms with Crippen LogP contribution in [-0.4, -0.2) is 55.1 Å². The van der Waals surface area contributed by atoms with Crippen LogP contribution in [0, 0.1) is 11.8 Å². The quantitative estimate of drug-likeness (QED) is 0.0844. The molecule has 1 aliphatic heterocycles. The molecule has 2 aliphatic rings. The van der Waals surface area contributed by atoms with Crippen molar-refractivity contribution in [1.29, 1.82) is 0 Å². The van der Waals surface area contributed by atoms with Crippen molar-refractivity contribution >= 4 is 51.1 Å². The fourth-order valence-electron chi connectivity index (χ4n) is 5.78. The van der Waals surface area contributed by atoms with E-state index in [0.717, 1.165) is 39.3 Å². The van der Waals surface area contributed by atoms with Crippen molar-refractivity contribution in [3.05, 3.63) is 107 Å². The fraction of sp³-hybridized carbons (Fsp3) is 0.128. The van der Waals surface area contributed by atoms with E-state index >= 15 is 0 Å². The van der Waals surface area contributed by atoms with Crippen LogP contribution < -0.4 is 30.0 Å². The van der Waals surface area contributed by atoms with Gasteiger partial charge in [0.15, 0.2) is 11.3 Å². The molecule has 3 N–H and O–H groups in total. The van der Waals surface area contributed by atoms with E-state index < -0.39 is 5.97 Å². The van der Waals surface area contributed by atoms with Gasteiger partial charge in [0.25, 0.3) is 0 Å². The number of nitrogen functional groups attached to an aromatic ring is 1. The van der Waals surface area contributed by atoms with Gasteiger partial charge in [0.05, 0.1) is 41.7 Å². The van der Waals surface area contributed by atoms with E-state index in [1.165, 1.54) is 0 Å². The van der Waals surface area contributed by atoms with Gasteiger partial charge < -0.3 is 29.6 Å². The van der Waals surface area contributed by atoms with E-state index in [1.807, 2.05) is 86.2 Å². The molecule has 0 atom stereocenters. The van der Waals surface area contributed by atoms with Crippen LogP contribution >= 0.6 is 11.7 Å². The molecule has 4 aromatic carbocycles. The molecule has 0 spiro atoms. The first-order valence-electron chi connectivity index (χ1n) is 15.6. The summed E-state index contributed by atoms with van der Waals surface area (Å²) < 4.78 is 28.6. The van der Waals surface area contributed by atoms with Crippen LogP contribution in [0.25, 0.3) is 44.5 Å². The van der Waals surface area contributed by atoms with Crippen LogP contribution in [0.15, 0.2) is 89.3 Å². The maximum atomic E-state index is 12.8. The molecular weight excluding hydrogens is 651 g/mol. The number of aromatic carboxylic acids is 1. The van der Waals surface area contributed by atoms with Gasteiger partial charge in [-0.25, -0.2) is 9.37 Å². The third-order valence-electron chi connectivity index (χ3n) is 8.38. The second kappa shape index (κ2) is 12.9. The number of carboxylic acid groups (broad SMARTS) is 1. The Morgan fingerprint density at radius 1 is 0.900 bits per heavy atom. The third-order valence-corrected chi connectivity index (χ3v) is 8.91. The standard InChI is InChI=1S/C39H31N5O5S/c1-43(2)24-9-16-29-33(20-24)49-34-21-25(44(3)4)10-17-30(34)35(29)28-15-7-22(18-31(28)39(45)46)6-8-23-19-32(40)38(37-36(23)41-50-42-37)48-27-13-11-26(47-5)12-14-27/h7,9-21H,1-5H3,(H2-,40,42,45,46)/p+1. The number of benzene rings is 5. The van der Waals surface area contributed by atoms with Crippen LogP contribution in [0.1, 0.15) is 21.5 Å². The number of nitrogens with zero attached hydrogens (tertiary/aromatic N) is 4. The van der Waals surface area contributed by atoms with Gasteiger partial charge in [0, 0.05) is 54.0 Å². The number of nitrogens with two attached hydrogens (primary N) is 1. The molecule has 7 rings (SSSR count). The maximum Gasteiger partial charge on any atom is 0.336 e. The highest BCUT2D eigenvalue weighted by molar-refractivity contribution is 7.00. The summed E-state index contributed by atoms with van der Waals surface area (Å²) in [6.07, 6.45) is 0. The lowest BCUT2D eigenvalue weighted by atomic mass is 9.89. The largest absolute Gasteiger partial charge is 0.497 e. The van der Waals surface area contributed by atoms with Crippen LogP contribution in [0.2, 0.25) is 0 Å². The predicted molar refractivity (Wildman–Crippen MR) is 198 cm³/mol. The number of ether oxygens (including phenoxy) is 2. The second-order valence-corrected chi connectivity index (χ2v) is 12.6. The number of anilines is 2. The fourth-order valence-corrected chi connectivity index (χ4v) is 6.33. The first kappa shape index (κ1) is 32.2. The zero-order chi connectivity index (χ0) is 35.1. The maximum absolute atomic E-state index is 12.8. The highest BCUT2D eigenvalue weighted by Crippen LogP contribution is 2.42. The summed E-state index contributed by atoms with van der Waals surface area (Å²) in [5.41, 5.74) is 12.7. The predicted octanol–water partition coefficient (Wildman–Crippen LogP) is 6.79. The van der Waals surface area contributed by atoms with Gasteiger partial charge in [-0.15, -0.1) is 0 Å². The summed E-state index contributed by atoms with van der Waals surface area (Å²) in [7, 11) is 9.45. The number of methoxy groups -OCH3 is 1. The van der Waals surface area contributed by atoms with E-state index in [4.69, 9.17) is 19.6 Å². The molecule has 0 radical (unpaired) electrons. The molecule has 248 valence electrons. The van der Waals surface area contributed by atoms with E-state index in [9.17, 15) is 9.90 Å². The van der Waals surface area contributed by atoms with Gasteiger partial charge in [-0.2, -0.15) is 8.75 Å². The number of fused-ring (bicyclic) bond motifs is 3. The van der Waals surface area contributed by atoms with Crippen LogP contribution in [-0.2, 0) is 0 Å². The Morgan fingerprint density at radius 3 is 2.36 bits per heavy atom. The van der Waals surface area contributed by atoms with Crippen molar-refractivity contribution in [1.82, 2.24) is 13.3 Å². The summed E-state index contributed by atoms with van der Waals surface area (Å²) in [6.45, 7) is 0. The number of hydrogen-bond acceptors (Lipinski definition) is 9. The highest BCUT2D eigenvalue weighted by atomic mass is 32.1. The molecule has 1 aromatic heterocycles. The van der Waals surface area contributed by atoms with Crippen molar-refractivity contribution in [3.63, 3.8) is 0 Å². The van der Waals surface area contributed by atoms with E-state index in [-0.39, 0.29) is 5.56 Å². The first-order chi connectivity index (χ1) is 24.1. The monoisotopic (exact) mass is 682 g/mol. The minimum Gasteiger partial charge on any atom is -0.497 e. The molecule has 50 heavy (non-hydrogen) atoms. The summed E-state index contributed by atoms with van der Waals surface area (Å²) >= 11 is 1.03. The Hall–Kier alpha value is -6.38. The van der Waals surface area contributed by atoms with E-state index in [0.29, 0.717) is 62.0 Å².